The number of allylic oxidation sites excluding steroid dienone is 1. The van der Waals surface area contributed by atoms with Gasteiger partial charge in [-0.1, -0.05) is 19.1 Å². The molecule has 0 bridgehead atoms. The van der Waals surface area contributed by atoms with Crippen molar-refractivity contribution in [2.75, 3.05) is 23.0 Å². The summed E-state index contributed by atoms with van der Waals surface area (Å²) in [6.07, 6.45) is 2.10. The second-order valence-electron chi connectivity index (χ2n) is 7.78. The zero-order valence-corrected chi connectivity index (χ0v) is 19.8. The van der Waals surface area contributed by atoms with E-state index in [0.29, 0.717) is 17.8 Å². The van der Waals surface area contributed by atoms with Gasteiger partial charge in [-0.3, -0.25) is 9.59 Å². The summed E-state index contributed by atoms with van der Waals surface area (Å²) in [5.41, 5.74) is 1.08. The molecule has 2 aliphatic heterocycles. The first kappa shape index (κ1) is 23.8. The number of sulfonamides is 1. The van der Waals surface area contributed by atoms with Crippen molar-refractivity contribution in [1.82, 2.24) is 4.72 Å². The van der Waals surface area contributed by atoms with Gasteiger partial charge >= 0.3 is 6.03 Å². The summed E-state index contributed by atoms with van der Waals surface area (Å²) >= 11 is 1.14. The van der Waals surface area contributed by atoms with Gasteiger partial charge in [0, 0.05) is 34.8 Å². The van der Waals surface area contributed by atoms with Crippen molar-refractivity contribution in [1.29, 1.82) is 0 Å². The molecular formula is C22H21FN4O5S2. The number of hydrogen-bond donors (Lipinski definition) is 4. The maximum absolute atomic E-state index is 14.9. The lowest BCUT2D eigenvalue weighted by molar-refractivity contribution is -0.116. The first-order chi connectivity index (χ1) is 16.1. The number of amides is 3. The highest BCUT2D eigenvalue weighted by atomic mass is 32.3. The minimum atomic E-state index is -4.03. The minimum absolute atomic E-state index is 0.0434. The van der Waals surface area contributed by atoms with E-state index in [1.165, 1.54) is 18.2 Å². The summed E-state index contributed by atoms with van der Waals surface area (Å²) in [4.78, 5) is 37.7. The van der Waals surface area contributed by atoms with Crippen LogP contribution in [0.5, 0.6) is 0 Å². The molecule has 0 radical (unpaired) electrons. The predicted molar refractivity (Wildman–Crippen MR) is 129 cm³/mol. The van der Waals surface area contributed by atoms with Gasteiger partial charge in [0.1, 0.15) is 16.0 Å². The van der Waals surface area contributed by atoms with E-state index in [4.69, 9.17) is 0 Å². The van der Waals surface area contributed by atoms with Crippen molar-refractivity contribution in [2.45, 2.75) is 24.5 Å². The van der Waals surface area contributed by atoms with Crippen LogP contribution in [0.1, 0.15) is 35.2 Å². The highest BCUT2D eigenvalue weighted by molar-refractivity contribution is 8.18. The van der Waals surface area contributed by atoms with E-state index in [2.05, 4.69) is 16.0 Å². The van der Waals surface area contributed by atoms with Crippen LogP contribution in [-0.2, 0) is 14.8 Å². The van der Waals surface area contributed by atoms with Crippen LogP contribution < -0.4 is 20.7 Å². The Morgan fingerprint density at radius 1 is 1.15 bits per heavy atom. The lowest BCUT2D eigenvalue weighted by Crippen LogP contribution is -2.35. The number of thioether (sulfide) groups is 1. The van der Waals surface area contributed by atoms with Crippen LogP contribution in [0.15, 0.2) is 46.7 Å². The third-order valence-corrected chi connectivity index (χ3v) is 8.44. The zero-order chi connectivity index (χ0) is 24.6. The molecule has 2 heterocycles. The molecule has 0 aliphatic carbocycles. The maximum atomic E-state index is 14.9. The fourth-order valence-electron chi connectivity index (χ4n) is 3.68. The molecule has 2 unspecified atom stereocenters. The molecule has 0 aromatic heterocycles. The normalized spacial score (nSPS) is 19.7. The predicted octanol–water partition coefficient (Wildman–Crippen LogP) is 3.60. The van der Waals surface area contributed by atoms with E-state index in [9.17, 15) is 27.2 Å². The summed E-state index contributed by atoms with van der Waals surface area (Å²) in [7, 11) is -2.33. The van der Waals surface area contributed by atoms with E-state index < -0.39 is 39.5 Å². The van der Waals surface area contributed by atoms with Crippen molar-refractivity contribution in [3.8, 4) is 0 Å². The van der Waals surface area contributed by atoms with E-state index in [1.54, 1.807) is 25.2 Å². The Kier molecular flexibility index (Phi) is 6.36. The molecule has 0 saturated carbocycles. The van der Waals surface area contributed by atoms with Crippen molar-refractivity contribution >= 4 is 56.6 Å². The molecular weight excluding hydrogens is 483 g/mol. The van der Waals surface area contributed by atoms with Crippen LogP contribution in [0.4, 0.5) is 26.2 Å². The van der Waals surface area contributed by atoms with Crippen LogP contribution in [0.25, 0.3) is 0 Å². The lowest BCUT2D eigenvalue weighted by atomic mass is 9.85. The average molecular weight is 505 g/mol. The number of rotatable bonds is 5. The topological polar surface area (TPSA) is 133 Å². The number of carbonyl (C=O) groups is 3. The molecule has 4 N–H and O–H groups in total. The number of anilines is 3. The molecule has 12 heteroatoms. The van der Waals surface area contributed by atoms with E-state index in [0.717, 1.165) is 17.8 Å². The van der Waals surface area contributed by atoms with E-state index in [1.807, 2.05) is 11.6 Å². The summed E-state index contributed by atoms with van der Waals surface area (Å²) in [5, 5.41) is 7.88. The van der Waals surface area contributed by atoms with Gasteiger partial charge in [0.15, 0.2) is 5.78 Å². The third-order valence-electron chi connectivity index (χ3n) is 5.35. The fourth-order valence-corrected chi connectivity index (χ4v) is 6.30. The van der Waals surface area contributed by atoms with Gasteiger partial charge in [0.05, 0.1) is 5.69 Å². The molecule has 0 saturated heterocycles. The number of urea groups is 1. The van der Waals surface area contributed by atoms with Gasteiger partial charge < -0.3 is 16.0 Å². The van der Waals surface area contributed by atoms with Gasteiger partial charge in [0.2, 0.25) is 5.91 Å². The molecule has 4 rings (SSSR count). The molecule has 2 aromatic carbocycles. The molecule has 0 spiro atoms. The van der Waals surface area contributed by atoms with Crippen LogP contribution >= 0.6 is 11.8 Å². The minimum Gasteiger partial charge on any atom is -0.388 e. The standard InChI is InChI=1S/C22H21FN4O5S2/c1-11-3-8-18(33-11)34(31,32)27-22(30)25-13-5-6-14(16(23)9-13)19-20(28)15-7-4-12(24-2)10-17(15)26-21(19)29/h4-11,19,24H,3H2,1-2H3,(H,26,29)(H2,25,27,30). The molecule has 2 aliphatic rings. The Labute approximate surface area is 199 Å². The smallest absolute Gasteiger partial charge is 0.333 e. The van der Waals surface area contributed by atoms with E-state index in [-0.39, 0.29) is 26.3 Å². The van der Waals surface area contributed by atoms with Gasteiger partial charge in [-0.05, 0) is 36.8 Å². The van der Waals surface area contributed by atoms with Crippen LogP contribution in [0.3, 0.4) is 0 Å². The second kappa shape index (κ2) is 9.11. The van der Waals surface area contributed by atoms with Crippen molar-refractivity contribution < 1.29 is 27.2 Å². The molecule has 34 heavy (non-hydrogen) atoms. The Morgan fingerprint density at radius 2 is 1.88 bits per heavy atom. The maximum Gasteiger partial charge on any atom is 0.333 e. The van der Waals surface area contributed by atoms with Gasteiger partial charge in [-0.15, -0.1) is 11.8 Å². The first-order valence-corrected chi connectivity index (χ1v) is 12.6. The Morgan fingerprint density at radius 3 is 2.53 bits per heavy atom. The number of fused-ring (bicyclic) bond motifs is 1. The van der Waals surface area contributed by atoms with Crippen LogP contribution in [-0.4, -0.2) is 38.4 Å². The highest BCUT2D eigenvalue weighted by Gasteiger charge is 2.37. The number of benzene rings is 2. The van der Waals surface area contributed by atoms with Crippen LogP contribution in [0.2, 0.25) is 0 Å². The summed E-state index contributed by atoms with van der Waals surface area (Å²) < 4.78 is 41.4. The number of hydrogen-bond acceptors (Lipinski definition) is 7. The summed E-state index contributed by atoms with van der Waals surface area (Å²) in [6.45, 7) is 1.86. The fraction of sp³-hybridized carbons (Fsp3) is 0.227. The second-order valence-corrected chi connectivity index (χ2v) is 11.2. The number of Topliss-reactive ketones (excluding diaryl/α,β-unsaturated/α-hetero) is 1. The Hall–Kier alpha value is -3.38. The summed E-state index contributed by atoms with van der Waals surface area (Å²) in [5.74, 6) is -3.52. The van der Waals surface area contributed by atoms with Gasteiger partial charge in [-0.25, -0.2) is 22.3 Å². The number of carbonyl (C=O) groups excluding carboxylic acids is 3. The highest BCUT2D eigenvalue weighted by Crippen LogP contribution is 2.36. The molecule has 2 atom stereocenters. The average Bonchev–Trinajstić information content (AvgIpc) is 3.21. The molecule has 9 nitrogen and oxygen atoms in total. The molecule has 178 valence electrons. The van der Waals surface area contributed by atoms with Crippen molar-refractivity contribution in [3.05, 3.63) is 63.7 Å². The van der Waals surface area contributed by atoms with Gasteiger partial charge in [-0.2, -0.15) is 0 Å². The van der Waals surface area contributed by atoms with Crippen molar-refractivity contribution in [3.63, 3.8) is 0 Å². The molecule has 0 fully saturated rings. The summed E-state index contributed by atoms with van der Waals surface area (Å²) in [6, 6.07) is 7.19. The lowest BCUT2D eigenvalue weighted by Gasteiger charge is -2.24. The molecule has 2 aromatic rings. The van der Waals surface area contributed by atoms with Crippen LogP contribution in [0, 0.1) is 5.82 Å². The first-order valence-electron chi connectivity index (χ1n) is 10.3. The number of nitrogens with one attached hydrogen (secondary N) is 4. The Bertz CT molecular complexity index is 1340. The third kappa shape index (κ3) is 4.64. The SMILES string of the molecule is CNc1ccc2c(c1)NC(=O)C(c1ccc(NC(=O)NS(=O)(=O)C3=CCC(C)S3)cc1F)C2=O. The Balaban J connectivity index is 1.50. The quantitative estimate of drug-likeness (QED) is 0.457. The van der Waals surface area contributed by atoms with Gasteiger partial charge in [0.25, 0.3) is 10.0 Å². The zero-order valence-electron chi connectivity index (χ0n) is 18.1. The number of halogens is 1. The largest absolute Gasteiger partial charge is 0.388 e. The van der Waals surface area contributed by atoms with E-state index >= 15 is 0 Å². The number of ketones is 1. The van der Waals surface area contributed by atoms with Crippen molar-refractivity contribution in [2.24, 2.45) is 0 Å². The molecule has 3 amide bonds. The monoisotopic (exact) mass is 504 g/mol.